The van der Waals surface area contributed by atoms with Crippen molar-refractivity contribution < 1.29 is 9.50 Å². The van der Waals surface area contributed by atoms with E-state index in [-0.39, 0.29) is 5.69 Å². The Bertz CT molecular complexity index is 344. The van der Waals surface area contributed by atoms with Gasteiger partial charge < -0.3 is 16.2 Å². The van der Waals surface area contributed by atoms with Crippen molar-refractivity contribution in [1.82, 2.24) is 5.32 Å². The molecule has 0 amide bonds. The third kappa shape index (κ3) is 3.47. The van der Waals surface area contributed by atoms with Gasteiger partial charge in [0.1, 0.15) is 5.82 Å². The fourth-order valence-electron chi connectivity index (χ4n) is 1.34. The van der Waals surface area contributed by atoms with Gasteiger partial charge in [0.25, 0.3) is 0 Å². The van der Waals surface area contributed by atoms with Crippen LogP contribution < -0.4 is 11.1 Å². The predicted molar refractivity (Wildman–Crippen MR) is 63.5 cm³/mol. The van der Waals surface area contributed by atoms with E-state index in [1.165, 1.54) is 12.1 Å². The van der Waals surface area contributed by atoms with Crippen LogP contribution in [-0.2, 0) is 0 Å². The van der Waals surface area contributed by atoms with E-state index in [1.807, 2.05) is 6.92 Å². The molecule has 0 aliphatic carbocycles. The minimum absolute atomic E-state index is 0.0695. The Balaban J connectivity index is 2.59. The van der Waals surface area contributed by atoms with E-state index in [9.17, 15) is 9.50 Å². The van der Waals surface area contributed by atoms with E-state index in [0.717, 1.165) is 6.42 Å². The van der Waals surface area contributed by atoms with Gasteiger partial charge in [-0.25, -0.2) is 4.39 Å². The second-order valence-electron chi connectivity index (χ2n) is 4.01. The molecule has 16 heavy (non-hydrogen) atoms. The first-order chi connectivity index (χ1) is 7.54. The van der Waals surface area contributed by atoms with E-state index >= 15 is 0 Å². The van der Waals surface area contributed by atoms with Crippen molar-refractivity contribution in [1.29, 1.82) is 0 Å². The number of aliphatic hydroxyl groups is 1. The van der Waals surface area contributed by atoms with Crippen molar-refractivity contribution in [2.45, 2.75) is 32.4 Å². The highest BCUT2D eigenvalue weighted by atomic mass is 19.1. The van der Waals surface area contributed by atoms with Gasteiger partial charge in [0.05, 0.1) is 11.8 Å². The van der Waals surface area contributed by atoms with Crippen LogP contribution in [0, 0.1) is 5.82 Å². The third-order valence-electron chi connectivity index (χ3n) is 2.68. The molecule has 4 N–H and O–H groups in total. The molecule has 1 rings (SSSR count). The summed E-state index contributed by atoms with van der Waals surface area (Å²) >= 11 is 0. The molecule has 2 atom stereocenters. The molecule has 0 saturated carbocycles. The summed E-state index contributed by atoms with van der Waals surface area (Å²) in [7, 11) is 0. The van der Waals surface area contributed by atoms with Gasteiger partial charge >= 0.3 is 0 Å². The summed E-state index contributed by atoms with van der Waals surface area (Å²) in [4.78, 5) is 0. The lowest BCUT2D eigenvalue weighted by molar-refractivity contribution is 0.170. The highest BCUT2D eigenvalue weighted by molar-refractivity contribution is 5.43. The number of nitrogen functional groups attached to an aromatic ring is 1. The number of hydrogen-bond donors (Lipinski definition) is 3. The summed E-state index contributed by atoms with van der Waals surface area (Å²) in [6, 6.07) is 4.65. The number of aliphatic hydroxyl groups excluding tert-OH is 1. The number of halogens is 1. The molecule has 0 fully saturated rings. The van der Waals surface area contributed by atoms with Crippen LogP contribution in [-0.4, -0.2) is 17.7 Å². The van der Waals surface area contributed by atoms with E-state index in [1.54, 1.807) is 6.07 Å². The molecule has 1 aromatic carbocycles. The zero-order chi connectivity index (χ0) is 12.1. The summed E-state index contributed by atoms with van der Waals surface area (Å²) in [6.07, 6.45) is 0.343. The molecule has 3 nitrogen and oxygen atoms in total. The van der Waals surface area contributed by atoms with Crippen LogP contribution in [0.2, 0.25) is 0 Å². The molecule has 4 heteroatoms. The Labute approximate surface area is 95.5 Å². The summed E-state index contributed by atoms with van der Waals surface area (Å²) in [5.41, 5.74) is 6.14. The molecular formula is C12H19FN2O. The number of hydrogen-bond acceptors (Lipinski definition) is 3. The number of nitrogens with one attached hydrogen (secondary N) is 1. The average molecular weight is 226 g/mol. The van der Waals surface area contributed by atoms with Crippen LogP contribution in [0.15, 0.2) is 18.2 Å². The Kier molecular flexibility index (Phi) is 4.71. The normalized spacial score (nSPS) is 14.8. The van der Waals surface area contributed by atoms with E-state index < -0.39 is 11.9 Å². The molecule has 0 aliphatic heterocycles. The number of anilines is 1. The number of rotatable bonds is 5. The van der Waals surface area contributed by atoms with Crippen LogP contribution in [0.3, 0.4) is 0 Å². The molecule has 0 heterocycles. The molecule has 90 valence electrons. The van der Waals surface area contributed by atoms with E-state index in [2.05, 4.69) is 12.2 Å². The second kappa shape index (κ2) is 5.82. The zero-order valence-electron chi connectivity index (χ0n) is 9.70. The van der Waals surface area contributed by atoms with Crippen LogP contribution in [0.1, 0.15) is 31.9 Å². The lowest BCUT2D eigenvalue weighted by Crippen LogP contribution is -2.29. The number of nitrogens with two attached hydrogens (primary N) is 1. The highest BCUT2D eigenvalue weighted by Gasteiger charge is 2.10. The second-order valence-corrected chi connectivity index (χ2v) is 4.01. The van der Waals surface area contributed by atoms with Gasteiger partial charge in [0.2, 0.25) is 0 Å². The van der Waals surface area contributed by atoms with Crippen LogP contribution in [0.4, 0.5) is 10.1 Å². The molecule has 0 bridgehead atoms. The topological polar surface area (TPSA) is 58.3 Å². The van der Waals surface area contributed by atoms with Crippen molar-refractivity contribution in [3.63, 3.8) is 0 Å². The number of benzene rings is 1. The van der Waals surface area contributed by atoms with Gasteiger partial charge in [0.15, 0.2) is 0 Å². The SMILES string of the molecule is CCC(C)NCC(O)c1ccc(F)c(N)c1. The average Bonchev–Trinajstić information content (AvgIpc) is 2.29. The van der Waals surface area contributed by atoms with E-state index in [0.29, 0.717) is 18.2 Å². The van der Waals surface area contributed by atoms with Crippen LogP contribution >= 0.6 is 0 Å². The monoisotopic (exact) mass is 226 g/mol. The lowest BCUT2D eigenvalue weighted by atomic mass is 10.1. The summed E-state index contributed by atoms with van der Waals surface area (Å²) in [5, 5.41) is 13.0. The third-order valence-corrected chi connectivity index (χ3v) is 2.68. The Morgan fingerprint density at radius 1 is 1.50 bits per heavy atom. The molecule has 0 saturated heterocycles. The fraction of sp³-hybridized carbons (Fsp3) is 0.500. The fourth-order valence-corrected chi connectivity index (χ4v) is 1.34. The maximum atomic E-state index is 12.9. The zero-order valence-corrected chi connectivity index (χ0v) is 9.70. The standard InChI is InChI=1S/C12H19FN2O/c1-3-8(2)15-7-12(16)9-4-5-10(13)11(14)6-9/h4-6,8,12,15-16H,3,7,14H2,1-2H3. The molecule has 0 radical (unpaired) electrons. The minimum atomic E-state index is -0.656. The van der Waals surface area contributed by atoms with Crippen molar-refractivity contribution >= 4 is 5.69 Å². The van der Waals surface area contributed by atoms with Crippen molar-refractivity contribution in [2.75, 3.05) is 12.3 Å². The van der Waals surface area contributed by atoms with Crippen LogP contribution in [0.25, 0.3) is 0 Å². The molecule has 1 aromatic rings. The first kappa shape index (κ1) is 12.9. The maximum absolute atomic E-state index is 12.9. The van der Waals surface area contributed by atoms with Gasteiger partial charge in [-0.15, -0.1) is 0 Å². The smallest absolute Gasteiger partial charge is 0.146 e. The van der Waals surface area contributed by atoms with Gasteiger partial charge in [-0.2, -0.15) is 0 Å². The molecule has 0 aliphatic rings. The first-order valence-electron chi connectivity index (χ1n) is 5.51. The molecule has 0 spiro atoms. The first-order valence-corrected chi connectivity index (χ1v) is 5.51. The highest BCUT2D eigenvalue weighted by Crippen LogP contribution is 2.18. The molecular weight excluding hydrogens is 207 g/mol. The molecule has 2 unspecified atom stereocenters. The van der Waals surface area contributed by atoms with E-state index in [4.69, 9.17) is 5.73 Å². The quantitative estimate of drug-likeness (QED) is 0.671. The summed E-state index contributed by atoms with van der Waals surface area (Å²) < 4.78 is 12.9. The van der Waals surface area contributed by atoms with Crippen molar-refractivity contribution in [3.05, 3.63) is 29.6 Å². The van der Waals surface area contributed by atoms with Gasteiger partial charge in [0, 0.05) is 12.6 Å². The largest absolute Gasteiger partial charge is 0.396 e. The summed E-state index contributed by atoms with van der Waals surface area (Å²) in [5.74, 6) is -0.453. The Morgan fingerprint density at radius 2 is 2.19 bits per heavy atom. The Hall–Kier alpha value is -1.13. The minimum Gasteiger partial charge on any atom is -0.396 e. The van der Waals surface area contributed by atoms with Crippen LogP contribution in [0.5, 0.6) is 0 Å². The van der Waals surface area contributed by atoms with Gasteiger partial charge in [-0.3, -0.25) is 0 Å². The van der Waals surface area contributed by atoms with Crippen molar-refractivity contribution in [2.24, 2.45) is 0 Å². The van der Waals surface area contributed by atoms with Gasteiger partial charge in [-0.05, 0) is 31.0 Å². The predicted octanol–water partition coefficient (Wildman–Crippen LogP) is 1.83. The van der Waals surface area contributed by atoms with Gasteiger partial charge in [-0.1, -0.05) is 13.0 Å². The molecule has 0 aromatic heterocycles. The lowest BCUT2D eigenvalue weighted by Gasteiger charge is -2.16. The van der Waals surface area contributed by atoms with Crippen molar-refractivity contribution in [3.8, 4) is 0 Å². The Morgan fingerprint density at radius 3 is 2.75 bits per heavy atom. The maximum Gasteiger partial charge on any atom is 0.146 e. The summed E-state index contributed by atoms with van der Waals surface area (Å²) in [6.45, 7) is 4.56.